The summed E-state index contributed by atoms with van der Waals surface area (Å²) in [4.78, 5) is 4.31. The molecule has 7 heteroatoms. The summed E-state index contributed by atoms with van der Waals surface area (Å²) < 4.78 is 7.22. The number of phenolic OH excluding ortho intramolecular Hbond substituents is 2. The Morgan fingerprint density at radius 3 is 2.27 bits per heavy atom. The Labute approximate surface area is 153 Å². The van der Waals surface area contributed by atoms with Crippen molar-refractivity contribution < 1.29 is 14.9 Å². The van der Waals surface area contributed by atoms with Gasteiger partial charge in [-0.25, -0.2) is 0 Å². The van der Waals surface area contributed by atoms with Crippen molar-refractivity contribution in [2.24, 2.45) is 4.99 Å². The van der Waals surface area contributed by atoms with Gasteiger partial charge in [0.05, 0.1) is 21.2 Å². The minimum absolute atomic E-state index is 0.0331. The van der Waals surface area contributed by atoms with E-state index in [9.17, 15) is 10.2 Å². The molecule has 4 nitrogen and oxygen atoms in total. The Morgan fingerprint density at radius 1 is 1.05 bits per heavy atom. The fourth-order valence-corrected chi connectivity index (χ4v) is 3.35. The number of benzene rings is 2. The van der Waals surface area contributed by atoms with Crippen molar-refractivity contribution in [3.05, 3.63) is 43.2 Å². The third-order valence-corrected chi connectivity index (χ3v) is 4.39. The number of rotatable bonds is 4. The first-order valence-electron chi connectivity index (χ1n) is 6.29. The smallest absolute Gasteiger partial charge is 0.166 e. The molecule has 2 N–H and O–H groups in total. The van der Waals surface area contributed by atoms with E-state index in [1.807, 2.05) is 6.92 Å². The molecule has 0 amide bonds. The Morgan fingerprint density at radius 2 is 1.68 bits per heavy atom. The standard InChI is InChI=1S/C15H12Br3NO3/c1-2-22-13-4-9(16)3-8(14(13)20)7-19-10-5-11(17)15(21)12(18)6-10/h3-7,20-21H,2H2,1H3. The summed E-state index contributed by atoms with van der Waals surface area (Å²) in [5.41, 5.74) is 1.15. The first kappa shape index (κ1) is 17.3. The number of hydrogen-bond acceptors (Lipinski definition) is 4. The van der Waals surface area contributed by atoms with E-state index in [4.69, 9.17) is 4.74 Å². The summed E-state index contributed by atoms with van der Waals surface area (Å²) in [6.45, 7) is 2.30. The zero-order chi connectivity index (χ0) is 16.3. The zero-order valence-corrected chi connectivity index (χ0v) is 16.2. The molecular formula is C15H12Br3NO3. The van der Waals surface area contributed by atoms with E-state index in [2.05, 4.69) is 52.8 Å². The van der Waals surface area contributed by atoms with Gasteiger partial charge in [0.2, 0.25) is 0 Å². The van der Waals surface area contributed by atoms with Crippen LogP contribution >= 0.6 is 47.8 Å². The lowest BCUT2D eigenvalue weighted by molar-refractivity contribution is 0.317. The molecule has 0 aliphatic carbocycles. The van der Waals surface area contributed by atoms with Gasteiger partial charge in [-0.2, -0.15) is 0 Å². The van der Waals surface area contributed by atoms with E-state index in [-0.39, 0.29) is 11.5 Å². The number of nitrogens with zero attached hydrogens (tertiary/aromatic N) is 1. The molecule has 116 valence electrons. The van der Waals surface area contributed by atoms with E-state index in [0.29, 0.717) is 32.6 Å². The number of hydrogen-bond donors (Lipinski definition) is 2. The molecule has 0 unspecified atom stereocenters. The summed E-state index contributed by atoms with van der Waals surface area (Å²) in [6.07, 6.45) is 1.54. The van der Waals surface area contributed by atoms with Gasteiger partial charge in [0, 0.05) is 16.3 Å². The van der Waals surface area contributed by atoms with Crippen LogP contribution in [0.3, 0.4) is 0 Å². The molecule has 0 bridgehead atoms. The summed E-state index contributed by atoms with van der Waals surface area (Å²) in [5, 5.41) is 19.9. The van der Waals surface area contributed by atoms with E-state index in [1.165, 1.54) is 6.21 Å². The van der Waals surface area contributed by atoms with E-state index >= 15 is 0 Å². The molecule has 0 saturated heterocycles. The van der Waals surface area contributed by atoms with Gasteiger partial charge in [0.15, 0.2) is 11.5 Å². The summed E-state index contributed by atoms with van der Waals surface area (Å²) in [6, 6.07) is 6.79. The van der Waals surface area contributed by atoms with Crippen LogP contribution in [0.2, 0.25) is 0 Å². The average molecular weight is 494 g/mol. The highest BCUT2D eigenvalue weighted by molar-refractivity contribution is 9.11. The predicted molar refractivity (Wildman–Crippen MR) is 97.7 cm³/mol. The fourth-order valence-electron chi connectivity index (χ4n) is 1.73. The molecule has 0 aromatic heterocycles. The minimum Gasteiger partial charge on any atom is -0.506 e. The van der Waals surface area contributed by atoms with Crippen LogP contribution in [0, 0.1) is 0 Å². The molecule has 0 heterocycles. The quantitative estimate of drug-likeness (QED) is 0.550. The van der Waals surface area contributed by atoms with Crippen molar-refractivity contribution in [1.29, 1.82) is 0 Å². The van der Waals surface area contributed by atoms with Crippen LogP contribution in [-0.4, -0.2) is 23.0 Å². The van der Waals surface area contributed by atoms with Crippen LogP contribution in [0.4, 0.5) is 5.69 Å². The monoisotopic (exact) mass is 491 g/mol. The van der Waals surface area contributed by atoms with E-state index < -0.39 is 0 Å². The van der Waals surface area contributed by atoms with Crippen LogP contribution in [0.1, 0.15) is 12.5 Å². The van der Waals surface area contributed by atoms with Crippen molar-refractivity contribution >= 4 is 59.7 Å². The second-order valence-corrected chi connectivity index (χ2v) is 6.92. The molecule has 0 spiro atoms. The SMILES string of the molecule is CCOc1cc(Br)cc(C=Nc2cc(Br)c(O)c(Br)c2)c1O. The molecule has 2 rings (SSSR count). The molecule has 0 aliphatic heterocycles. The second-order valence-electron chi connectivity index (χ2n) is 4.29. The molecule has 0 fully saturated rings. The summed E-state index contributed by atoms with van der Waals surface area (Å²) in [7, 11) is 0. The van der Waals surface area contributed by atoms with Crippen molar-refractivity contribution in [3.8, 4) is 17.2 Å². The van der Waals surface area contributed by atoms with Gasteiger partial charge in [0.25, 0.3) is 0 Å². The van der Waals surface area contributed by atoms with Gasteiger partial charge in [-0.05, 0) is 63.0 Å². The van der Waals surface area contributed by atoms with Gasteiger partial charge in [-0.1, -0.05) is 15.9 Å². The van der Waals surface area contributed by atoms with E-state index in [1.54, 1.807) is 24.3 Å². The molecule has 0 atom stereocenters. The first-order valence-corrected chi connectivity index (χ1v) is 8.67. The minimum atomic E-state index is 0.0331. The lowest BCUT2D eigenvalue weighted by atomic mass is 10.2. The van der Waals surface area contributed by atoms with Crippen LogP contribution in [0.15, 0.2) is 42.7 Å². The largest absolute Gasteiger partial charge is 0.506 e. The van der Waals surface area contributed by atoms with Gasteiger partial charge < -0.3 is 14.9 Å². The highest BCUT2D eigenvalue weighted by atomic mass is 79.9. The number of phenols is 2. The highest BCUT2D eigenvalue weighted by Crippen LogP contribution is 2.37. The number of halogens is 3. The molecule has 0 radical (unpaired) electrons. The van der Waals surface area contributed by atoms with Crippen molar-refractivity contribution in [3.63, 3.8) is 0 Å². The van der Waals surface area contributed by atoms with Crippen molar-refractivity contribution in [2.45, 2.75) is 6.92 Å². The molecule has 22 heavy (non-hydrogen) atoms. The Balaban J connectivity index is 2.38. The maximum absolute atomic E-state index is 10.2. The summed E-state index contributed by atoms with van der Waals surface area (Å²) in [5.74, 6) is 0.542. The normalized spacial score (nSPS) is 11.1. The molecule has 0 saturated carbocycles. The summed E-state index contributed by atoms with van der Waals surface area (Å²) >= 11 is 9.88. The lowest BCUT2D eigenvalue weighted by Crippen LogP contribution is -1.94. The van der Waals surface area contributed by atoms with Gasteiger partial charge >= 0.3 is 0 Å². The Bertz CT molecular complexity index is 709. The van der Waals surface area contributed by atoms with Gasteiger partial charge in [-0.15, -0.1) is 0 Å². The van der Waals surface area contributed by atoms with E-state index in [0.717, 1.165) is 4.47 Å². The maximum Gasteiger partial charge on any atom is 0.166 e. The Kier molecular flexibility index (Phi) is 5.88. The topological polar surface area (TPSA) is 62.0 Å². The second kappa shape index (κ2) is 7.48. The van der Waals surface area contributed by atoms with Crippen molar-refractivity contribution in [1.82, 2.24) is 0 Å². The third-order valence-electron chi connectivity index (χ3n) is 2.72. The van der Waals surface area contributed by atoms with Gasteiger partial charge in [0.1, 0.15) is 5.75 Å². The van der Waals surface area contributed by atoms with Crippen LogP contribution in [0.5, 0.6) is 17.2 Å². The molecular weight excluding hydrogens is 482 g/mol. The highest BCUT2D eigenvalue weighted by Gasteiger charge is 2.09. The van der Waals surface area contributed by atoms with Crippen LogP contribution in [-0.2, 0) is 0 Å². The zero-order valence-electron chi connectivity index (χ0n) is 11.5. The number of ether oxygens (including phenoxy) is 1. The molecule has 2 aromatic carbocycles. The molecule has 2 aromatic rings. The fraction of sp³-hybridized carbons (Fsp3) is 0.133. The Hall–Kier alpha value is -1.05. The number of aromatic hydroxyl groups is 2. The van der Waals surface area contributed by atoms with Crippen molar-refractivity contribution in [2.75, 3.05) is 6.61 Å². The molecule has 0 aliphatic rings. The third kappa shape index (κ3) is 4.02. The predicted octanol–water partition coefficient (Wildman–Crippen LogP) is 5.53. The average Bonchev–Trinajstić information content (AvgIpc) is 2.46. The first-order chi connectivity index (χ1) is 10.4. The van der Waals surface area contributed by atoms with Gasteiger partial charge in [-0.3, -0.25) is 4.99 Å². The lowest BCUT2D eigenvalue weighted by Gasteiger charge is -2.08. The van der Waals surface area contributed by atoms with Crippen LogP contribution in [0.25, 0.3) is 0 Å². The van der Waals surface area contributed by atoms with Crippen LogP contribution < -0.4 is 4.74 Å². The maximum atomic E-state index is 10.2. The number of aliphatic imine (C=N–C) groups is 1.